The lowest BCUT2D eigenvalue weighted by atomic mass is 9.82. The maximum absolute atomic E-state index is 14.0. The Hall–Kier alpha value is -3.80. The number of aromatic nitrogens is 2. The van der Waals surface area contributed by atoms with E-state index in [2.05, 4.69) is 4.98 Å². The van der Waals surface area contributed by atoms with E-state index in [4.69, 9.17) is 4.74 Å². The minimum absolute atomic E-state index is 0.0604. The van der Waals surface area contributed by atoms with Crippen molar-refractivity contribution in [2.75, 3.05) is 0 Å². The molecular weight excluding hydrogens is 464 g/mol. The molecule has 5 rings (SSSR count). The molecule has 1 saturated carbocycles. The molecule has 2 heterocycles. The van der Waals surface area contributed by atoms with Crippen LogP contribution in [0.5, 0.6) is 0 Å². The van der Waals surface area contributed by atoms with Gasteiger partial charge in [0.2, 0.25) is 0 Å². The molecule has 0 radical (unpaired) electrons. The number of rotatable bonds is 3. The van der Waals surface area contributed by atoms with Crippen LogP contribution in [0.1, 0.15) is 74.8 Å². The van der Waals surface area contributed by atoms with Gasteiger partial charge in [0.25, 0.3) is 0 Å². The number of benzene rings is 2. The molecule has 1 atom stereocenters. The number of fused-ring (bicyclic) bond motifs is 3. The van der Waals surface area contributed by atoms with E-state index >= 15 is 0 Å². The molecule has 1 fully saturated rings. The van der Waals surface area contributed by atoms with Gasteiger partial charge in [-0.15, -0.1) is 0 Å². The Bertz CT molecular complexity index is 1580. The third kappa shape index (κ3) is 4.93. The lowest BCUT2D eigenvalue weighted by Crippen LogP contribution is -2.30. The predicted octanol–water partition coefficient (Wildman–Crippen LogP) is 6.46. The molecule has 0 saturated heterocycles. The normalized spacial score (nSPS) is 16.3. The third-order valence-corrected chi connectivity index (χ3v) is 7.01. The molecule has 1 aliphatic rings. The van der Waals surface area contributed by atoms with E-state index in [0.29, 0.717) is 35.7 Å². The zero-order chi connectivity index (χ0) is 26.3. The van der Waals surface area contributed by atoms with Crippen molar-refractivity contribution < 1.29 is 14.3 Å². The van der Waals surface area contributed by atoms with Gasteiger partial charge in [-0.05, 0) is 75.6 Å². The van der Waals surface area contributed by atoms with E-state index in [1.807, 2.05) is 76.4 Å². The van der Waals surface area contributed by atoms with Gasteiger partial charge in [-0.2, -0.15) is 0 Å². The Balaban J connectivity index is 1.81. The fraction of sp³-hybridized carbons (Fsp3) is 0.355. The second kappa shape index (κ2) is 9.58. The molecular formula is C31H32N2O4. The van der Waals surface area contributed by atoms with Crippen LogP contribution < -0.4 is 5.43 Å². The first-order chi connectivity index (χ1) is 17.6. The minimum atomic E-state index is -0.721. The Labute approximate surface area is 216 Å². The van der Waals surface area contributed by atoms with Crippen molar-refractivity contribution in [3.63, 3.8) is 0 Å². The highest BCUT2D eigenvalue weighted by atomic mass is 16.6. The van der Waals surface area contributed by atoms with Crippen LogP contribution in [0.3, 0.4) is 0 Å². The lowest BCUT2D eigenvalue weighted by molar-refractivity contribution is -0.121. The second-order valence-electron chi connectivity index (χ2n) is 11.0. The fourth-order valence-corrected chi connectivity index (χ4v) is 5.27. The molecule has 6 nitrogen and oxygen atoms in total. The van der Waals surface area contributed by atoms with Gasteiger partial charge in [-0.25, -0.2) is 4.79 Å². The summed E-state index contributed by atoms with van der Waals surface area (Å²) in [5.41, 5.74) is 2.91. The summed E-state index contributed by atoms with van der Waals surface area (Å²) in [5, 5.41) is 2.17. The third-order valence-electron chi connectivity index (χ3n) is 7.01. The van der Waals surface area contributed by atoms with Gasteiger partial charge in [0.05, 0.1) is 5.52 Å². The zero-order valence-electron chi connectivity index (χ0n) is 21.8. The summed E-state index contributed by atoms with van der Waals surface area (Å²) < 4.78 is 7.20. The van der Waals surface area contributed by atoms with Gasteiger partial charge in [0.15, 0.2) is 5.43 Å². The van der Waals surface area contributed by atoms with Crippen LogP contribution in [-0.2, 0) is 16.0 Å². The summed E-state index contributed by atoms with van der Waals surface area (Å²) in [6, 6.07) is 13.7. The Morgan fingerprint density at radius 3 is 2.49 bits per heavy atom. The van der Waals surface area contributed by atoms with Crippen LogP contribution in [0, 0.1) is 6.92 Å². The summed E-state index contributed by atoms with van der Waals surface area (Å²) in [7, 11) is 0. The van der Waals surface area contributed by atoms with Gasteiger partial charge in [-0.3, -0.25) is 19.1 Å². The number of ketones is 1. The largest absolute Gasteiger partial charge is 0.443 e. The van der Waals surface area contributed by atoms with Crippen molar-refractivity contribution >= 4 is 33.6 Å². The number of carbonyl (C=O) groups excluding carboxylic acids is 2. The molecule has 0 N–H and O–H groups in total. The van der Waals surface area contributed by atoms with E-state index in [0.717, 1.165) is 40.4 Å². The molecule has 0 bridgehead atoms. The number of pyridine rings is 2. The van der Waals surface area contributed by atoms with E-state index < -0.39 is 17.6 Å². The SMILES string of the molecule is Cc1ccc(Cc2cc3c(=O)c(C4CCCCC4=O)cn(C(=O)OC(C)(C)C)c3c3ccccc23)cn1. The molecule has 2 aromatic heterocycles. The van der Waals surface area contributed by atoms with Crippen molar-refractivity contribution in [3.05, 3.63) is 87.5 Å². The van der Waals surface area contributed by atoms with Crippen LogP contribution in [0.25, 0.3) is 21.7 Å². The quantitative estimate of drug-likeness (QED) is 0.304. The highest BCUT2D eigenvalue weighted by Gasteiger charge is 2.30. The number of carbonyl (C=O) groups is 2. The van der Waals surface area contributed by atoms with Crippen LogP contribution in [0.15, 0.2) is 59.7 Å². The van der Waals surface area contributed by atoms with Gasteiger partial charge >= 0.3 is 6.09 Å². The van der Waals surface area contributed by atoms with Crippen molar-refractivity contribution in [2.24, 2.45) is 0 Å². The summed E-state index contributed by atoms with van der Waals surface area (Å²) in [4.78, 5) is 44.8. The average Bonchev–Trinajstić information content (AvgIpc) is 2.85. The summed E-state index contributed by atoms with van der Waals surface area (Å²) >= 11 is 0. The highest BCUT2D eigenvalue weighted by Crippen LogP contribution is 2.33. The molecule has 4 aromatic rings. The molecule has 37 heavy (non-hydrogen) atoms. The summed E-state index contributed by atoms with van der Waals surface area (Å²) in [6.45, 7) is 7.38. The van der Waals surface area contributed by atoms with Crippen molar-refractivity contribution in [1.82, 2.24) is 9.55 Å². The monoisotopic (exact) mass is 496 g/mol. The van der Waals surface area contributed by atoms with Gasteiger partial charge in [0.1, 0.15) is 11.4 Å². The predicted molar refractivity (Wildman–Crippen MR) is 145 cm³/mol. The first kappa shape index (κ1) is 24.9. The number of ether oxygens (including phenoxy) is 1. The van der Waals surface area contributed by atoms with Crippen LogP contribution in [-0.4, -0.2) is 27.0 Å². The standard InChI is InChI=1S/C31H32N2O4/c1-19-13-14-20(17-32-19)15-21-16-25-28(24-11-6-5-9-22(21)24)33(30(36)37-31(2,3)4)18-26(29(25)35)23-10-7-8-12-27(23)34/h5-6,9,11,13-14,16-18,23H,7-8,10,12,15H2,1-4H3. The molecule has 1 aliphatic carbocycles. The van der Waals surface area contributed by atoms with Crippen molar-refractivity contribution in [3.8, 4) is 0 Å². The summed E-state index contributed by atoms with van der Waals surface area (Å²) in [6.07, 6.45) is 6.21. The second-order valence-corrected chi connectivity index (χ2v) is 11.0. The lowest BCUT2D eigenvalue weighted by Gasteiger charge is -2.25. The number of aryl methyl sites for hydroxylation is 1. The Morgan fingerprint density at radius 2 is 1.81 bits per heavy atom. The Morgan fingerprint density at radius 1 is 1.05 bits per heavy atom. The highest BCUT2D eigenvalue weighted by molar-refractivity contribution is 6.10. The molecule has 6 heteroatoms. The molecule has 190 valence electrons. The van der Waals surface area contributed by atoms with Crippen molar-refractivity contribution in [2.45, 2.75) is 71.3 Å². The Kier molecular flexibility index (Phi) is 6.44. The first-order valence-electron chi connectivity index (χ1n) is 12.9. The smallest absolute Gasteiger partial charge is 0.419 e. The minimum Gasteiger partial charge on any atom is -0.443 e. The zero-order valence-corrected chi connectivity index (χ0v) is 21.8. The van der Waals surface area contributed by atoms with Gasteiger partial charge in [0, 0.05) is 46.8 Å². The first-order valence-corrected chi connectivity index (χ1v) is 12.9. The van der Waals surface area contributed by atoms with Crippen LogP contribution in [0.2, 0.25) is 0 Å². The van der Waals surface area contributed by atoms with Gasteiger partial charge in [-0.1, -0.05) is 36.8 Å². The number of hydrogen-bond donors (Lipinski definition) is 0. The van der Waals surface area contributed by atoms with Crippen LogP contribution in [0.4, 0.5) is 4.79 Å². The number of nitrogens with zero attached hydrogens (tertiary/aromatic N) is 2. The van der Waals surface area contributed by atoms with Crippen LogP contribution >= 0.6 is 0 Å². The number of hydrogen-bond acceptors (Lipinski definition) is 5. The topological polar surface area (TPSA) is 78.3 Å². The van der Waals surface area contributed by atoms with E-state index in [1.165, 1.54) is 4.57 Å². The molecule has 0 amide bonds. The van der Waals surface area contributed by atoms with E-state index in [-0.39, 0.29) is 11.2 Å². The maximum Gasteiger partial charge on any atom is 0.419 e. The van der Waals surface area contributed by atoms with Gasteiger partial charge < -0.3 is 4.74 Å². The van der Waals surface area contributed by atoms with E-state index in [1.54, 1.807) is 6.20 Å². The molecule has 2 aromatic carbocycles. The average molecular weight is 497 g/mol. The van der Waals surface area contributed by atoms with E-state index in [9.17, 15) is 14.4 Å². The molecule has 1 unspecified atom stereocenters. The van der Waals surface area contributed by atoms with Crippen molar-refractivity contribution in [1.29, 1.82) is 0 Å². The summed E-state index contributed by atoms with van der Waals surface area (Å²) in [5.74, 6) is -0.444. The maximum atomic E-state index is 14.0. The fourth-order valence-electron chi connectivity index (χ4n) is 5.27. The molecule has 0 spiro atoms. The molecule has 0 aliphatic heterocycles. The number of Topliss-reactive ketones (excluding diaryl/α,β-unsaturated/α-hetero) is 1.